The Bertz CT molecular complexity index is 120. The summed E-state index contributed by atoms with van der Waals surface area (Å²) in [6, 6.07) is 0. The molecule has 0 aromatic rings. The lowest BCUT2D eigenvalue weighted by molar-refractivity contribution is 0.348. The highest BCUT2D eigenvalue weighted by atomic mass is 127. The molecule has 0 saturated heterocycles. The minimum atomic E-state index is -1.24. The van der Waals surface area contributed by atoms with E-state index in [1.807, 2.05) is 0 Å². The van der Waals surface area contributed by atoms with Gasteiger partial charge in [-0.2, -0.15) is 0 Å². The van der Waals surface area contributed by atoms with Gasteiger partial charge in [0.1, 0.15) is 0 Å². The molecule has 1 nitrogen and oxygen atoms in total. The van der Waals surface area contributed by atoms with Crippen LogP contribution in [0.5, 0.6) is 0 Å². The normalized spacial score (nSPS) is 15.2. The molecule has 0 aliphatic heterocycles. The Balaban J connectivity index is 3.56. The third-order valence-electron chi connectivity index (χ3n) is 0.733. The lowest BCUT2D eigenvalue weighted by atomic mass is 10.3. The zero-order valence-corrected chi connectivity index (χ0v) is 7.14. The molecule has 2 N–H and O–H groups in total. The van der Waals surface area contributed by atoms with Crippen LogP contribution in [-0.2, 0) is 0 Å². The fraction of sp³-hybridized carbons (Fsp3) is 0.333. The molecule has 0 saturated carbocycles. The number of rotatable bonds is 3. The molecule has 0 radical (unpaired) electrons. The summed E-state index contributed by atoms with van der Waals surface area (Å²) in [6.07, 6.45) is 2.39. The molecular formula is C6H9FIN. The molecule has 1 atom stereocenters. The first-order valence-corrected chi connectivity index (χ1v) is 3.62. The quantitative estimate of drug-likeness (QED) is 0.457. The van der Waals surface area contributed by atoms with Gasteiger partial charge >= 0.3 is 0 Å². The number of hydrogen-bond donors (Lipinski definition) is 1. The molecule has 0 aromatic carbocycles. The zero-order valence-electron chi connectivity index (χ0n) is 4.98. The molecule has 9 heavy (non-hydrogen) atoms. The van der Waals surface area contributed by atoms with Crippen molar-refractivity contribution in [2.75, 3.05) is 0 Å². The molecule has 0 spiro atoms. The van der Waals surface area contributed by atoms with Crippen LogP contribution >= 0.6 is 22.6 Å². The lowest BCUT2D eigenvalue weighted by Crippen LogP contribution is -2.10. The van der Waals surface area contributed by atoms with E-state index < -0.39 is 6.30 Å². The predicted molar refractivity (Wildman–Crippen MR) is 46.0 cm³/mol. The standard InChI is InChI=1S/C6H9FIN/c1-2-5(8)3-4-6(7)9/h2-3,6H,1,4,9H2/b5-3+. The van der Waals surface area contributed by atoms with Gasteiger partial charge in [0.05, 0.1) is 0 Å². The summed E-state index contributed by atoms with van der Waals surface area (Å²) in [5.41, 5.74) is 4.85. The van der Waals surface area contributed by atoms with Gasteiger partial charge in [0, 0.05) is 10.0 Å². The third-order valence-corrected chi connectivity index (χ3v) is 1.61. The van der Waals surface area contributed by atoms with Gasteiger partial charge in [-0.25, -0.2) is 4.39 Å². The fourth-order valence-electron chi connectivity index (χ4n) is 0.309. The highest BCUT2D eigenvalue weighted by Crippen LogP contribution is 2.07. The van der Waals surface area contributed by atoms with Gasteiger partial charge in [0.25, 0.3) is 0 Å². The molecule has 0 aliphatic carbocycles. The maximum atomic E-state index is 11.9. The van der Waals surface area contributed by atoms with Gasteiger partial charge < -0.3 is 5.73 Å². The number of alkyl halides is 1. The second kappa shape index (κ2) is 4.93. The van der Waals surface area contributed by atoms with Crippen molar-refractivity contribution in [3.8, 4) is 0 Å². The summed E-state index contributed by atoms with van der Waals surface area (Å²) in [5.74, 6) is 0. The summed E-state index contributed by atoms with van der Waals surface area (Å²) in [7, 11) is 0. The van der Waals surface area contributed by atoms with E-state index in [2.05, 4.69) is 29.2 Å². The largest absolute Gasteiger partial charge is 0.301 e. The first-order chi connectivity index (χ1) is 4.16. The first-order valence-electron chi connectivity index (χ1n) is 2.54. The first kappa shape index (κ1) is 9.10. The van der Waals surface area contributed by atoms with E-state index in [0.29, 0.717) is 0 Å². The summed E-state index contributed by atoms with van der Waals surface area (Å²) < 4.78 is 12.8. The molecular weight excluding hydrogens is 232 g/mol. The lowest BCUT2D eigenvalue weighted by Gasteiger charge is -1.93. The molecule has 0 rings (SSSR count). The maximum Gasteiger partial charge on any atom is 0.152 e. The van der Waals surface area contributed by atoms with E-state index in [-0.39, 0.29) is 6.42 Å². The van der Waals surface area contributed by atoms with Crippen LogP contribution in [0.4, 0.5) is 4.39 Å². The van der Waals surface area contributed by atoms with Gasteiger partial charge in [0.2, 0.25) is 0 Å². The van der Waals surface area contributed by atoms with Crippen molar-refractivity contribution in [2.24, 2.45) is 5.73 Å². The van der Waals surface area contributed by atoms with Crippen molar-refractivity contribution in [3.63, 3.8) is 0 Å². The van der Waals surface area contributed by atoms with Gasteiger partial charge in [-0.3, -0.25) is 0 Å². The number of halogens is 2. The van der Waals surface area contributed by atoms with Crippen LogP contribution in [0.1, 0.15) is 6.42 Å². The Morgan fingerprint density at radius 3 is 2.78 bits per heavy atom. The van der Waals surface area contributed by atoms with Gasteiger partial charge in [-0.1, -0.05) is 18.7 Å². The molecule has 0 aliphatic rings. The Morgan fingerprint density at radius 1 is 1.89 bits per heavy atom. The van der Waals surface area contributed by atoms with E-state index in [1.165, 1.54) is 0 Å². The third kappa shape index (κ3) is 5.98. The van der Waals surface area contributed by atoms with Gasteiger partial charge in [-0.15, -0.1) is 0 Å². The van der Waals surface area contributed by atoms with Gasteiger partial charge in [-0.05, 0) is 22.6 Å². The van der Waals surface area contributed by atoms with Crippen molar-refractivity contribution in [2.45, 2.75) is 12.7 Å². The SMILES string of the molecule is C=C/C(I)=C\CC(N)F. The average Bonchev–Trinajstić information content (AvgIpc) is 1.83. The van der Waals surface area contributed by atoms with E-state index >= 15 is 0 Å². The van der Waals surface area contributed by atoms with Crippen LogP contribution in [0.3, 0.4) is 0 Å². The van der Waals surface area contributed by atoms with E-state index in [0.717, 1.165) is 3.58 Å². The maximum absolute atomic E-state index is 11.9. The minimum absolute atomic E-state index is 0.268. The highest BCUT2D eigenvalue weighted by Gasteiger charge is 1.92. The molecule has 1 unspecified atom stereocenters. The van der Waals surface area contributed by atoms with Crippen molar-refractivity contribution >= 4 is 22.6 Å². The number of nitrogens with two attached hydrogens (primary N) is 1. The van der Waals surface area contributed by atoms with Crippen molar-refractivity contribution in [1.82, 2.24) is 0 Å². The molecule has 3 heteroatoms. The van der Waals surface area contributed by atoms with Crippen molar-refractivity contribution in [3.05, 3.63) is 22.3 Å². The molecule has 0 amide bonds. The summed E-state index contributed by atoms with van der Waals surface area (Å²) >= 11 is 2.06. The van der Waals surface area contributed by atoms with E-state index in [4.69, 9.17) is 5.73 Å². The van der Waals surface area contributed by atoms with E-state index in [1.54, 1.807) is 12.2 Å². The summed E-state index contributed by atoms with van der Waals surface area (Å²) in [6.45, 7) is 3.50. The summed E-state index contributed by atoms with van der Waals surface area (Å²) in [5, 5.41) is 0. The topological polar surface area (TPSA) is 26.0 Å². The molecule has 0 bridgehead atoms. The monoisotopic (exact) mass is 241 g/mol. The second-order valence-electron chi connectivity index (χ2n) is 1.54. The predicted octanol–water partition coefficient (Wildman–Crippen LogP) is 2.14. The van der Waals surface area contributed by atoms with Crippen LogP contribution < -0.4 is 5.73 Å². The smallest absolute Gasteiger partial charge is 0.152 e. The van der Waals surface area contributed by atoms with Crippen LogP contribution in [0, 0.1) is 0 Å². The average molecular weight is 241 g/mol. The van der Waals surface area contributed by atoms with Gasteiger partial charge in [0.15, 0.2) is 6.30 Å². The molecule has 0 heterocycles. The Labute approximate surface area is 68.0 Å². The van der Waals surface area contributed by atoms with Crippen LogP contribution in [-0.4, -0.2) is 6.30 Å². The van der Waals surface area contributed by atoms with Crippen LogP contribution in [0.2, 0.25) is 0 Å². The minimum Gasteiger partial charge on any atom is -0.301 e. The van der Waals surface area contributed by atoms with Crippen molar-refractivity contribution < 1.29 is 4.39 Å². The molecule has 0 fully saturated rings. The number of hydrogen-bond acceptors (Lipinski definition) is 1. The van der Waals surface area contributed by atoms with Crippen LogP contribution in [0.25, 0.3) is 0 Å². The Hall–Kier alpha value is 0.1000. The Kier molecular flexibility index (Phi) is 4.99. The van der Waals surface area contributed by atoms with E-state index in [9.17, 15) is 4.39 Å². The molecule has 0 aromatic heterocycles. The second-order valence-corrected chi connectivity index (χ2v) is 2.79. The fourth-order valence-corrected chi connectivity index (χ4v) is 0.563. The molecule has 52 valence electrons. The van der Waals surface area contributed by atoms with Crippen molar-refractivity contribution in [1.29, 1.82) is 0 Å². The Morgan fingerprint density at radius 2 is 2.44 bits per heavy atom. The highest BCUT2D eigenvalue weighted by molar-refractivity contribution is 14.1. The summed E-state index contributed by atoms with van der Waals surface area (Å²) in [4.78, 5) is 0. The number of allylic oxidation sites excluding steroid dienone is 2. The zero-order chi connectivity index (χ0) is 7.28. The van der Waals surface area contributed by atoms with Crippen LogP contribution in [0.15, 0.2) is 22.3 Å².